The van der Waals surface area contributed by atoms with Crippen molar-refractivity contribution in [1.82, 2.24) is 15.5 Å². The minimum absolute atomic E-state index is 0.377. The molecule has 0 saturated carbocycles. The predicted octanol–water partition coefficient (Wildman–Crippen LogP) is 0.978. The largest absolute Gasteiger partial charge is 0.468 e. The summed E-state index contributed by atoms with van der Waals surface area (Å²) in [6.07, 6.45) is -0.878. The van der Waals surface area contributed by atoms with Gasteiger partial charge in [-0.15, -0.1) is 0 Å². The maximum Gasteiger partial charge on any atom is 0.408 e. The zero-order valence-electron chi connectivity index (χ0n) is 19.6. The fraction of sp³-hybridized carbons (Fsp3) is 0.545. The summed E-state index contributed by atoms with van der Waals surface area (Å²) in [5.41, 5.74) is 1.46. The van der Waals surface area contributed by atoms with Crippen LogP contribution in [0.5, 0.6) is 0 Å². The Balaban J connectivity index is 3.20. The van der Waals surface area contributed by atoms with Crippen LogP contribution in [0.1, 0.15) is 43.5 Å². The van der Waals surface area contributed by atoms with E-state index >= 15 is 0 Å². The van der Waals surface area contributed by atoms with E-state index in [0.717, 1.165) is 16.0 Å². The molecule has 0 radical (unpaired) electrons. The lowest BCUT2D eigenvalue weighted by molar-refractivity contribution is -0.144. The number of nitrogens with zero attached hydrogens (tertiary/aromatic N) is 1. The number of amides is 3. The molecule has 3 amide bonds. The first-order valence-electron chi connectivity index (χ1n) is 10.1. The van der Waals surface area contributed by atoms with Gasteiger partial charge in [-0.2, -0.15) is 0 Å². The molecule has 0 heterocycles. The Bertz CT molecular complexity index is 828. The number of aliphatic hydroxyl groups is 1. The van der Waals surface area contributed by atoms with Gasteiger partial charge in [-0.3, -0.25) is 14.4 Å². The van der Waals surface area contributed by atoms with Crippen molar-refractivity contribution >= 4 is 23.9 Å². The third-order valence-corrected chi connectivity index (χ3v) is 4.35. The van der Waals surface area contributed by atoms with Crippen LogP contribution >= 0.6 is 0 Å². The summed E-state index contributed by atoms with van der Waals surface area (Å²) in [5.74, 6) is -1.98. The minimum Gasteiger partial charge on any atom is -0.468 e. The number of rotatable bonds is 8. The zero-order chi connectivity index (χ0) is 24.6. The summed E-state index contributed by atoms with van der Waals surface area (Å²) in [7, 11) is 2.57. The quantitative estimate of drug-likeness (QED) is 0.502. The van der Waals surface area contributed by atoms with Crippen LogP contribution in [0, 0.1) is 13.8 Å². The summed E-state index contributed by atoms with van der Waals surface area (Å²) in [5, 5.41) is 14.5. The lowest BCUT2D eigenvalue weighted by Gasteiger charge is -2.31. The molecule has 32 heavy (non-hydrogen) atoms. The van der Waals surface area contributed by atoms with Crippen molar-refractivity contribution in [1.29, 1.82) is 0 Å². The molecule has 2 unspecified atom stereocenters. The molecule has 0 aliphatic rings. The Morgan fingerprint density at radius 1 is 1.09 bits per heavy atom. The van der Waals surface area contributed by atoms with Crippen LogP contribution in [0.4, 0.5) is 4.79 Å². The number of likely N-dealkylation sites (N-methyl/N-ethyl adjacent to an activating group) is 1. The van der Waals surface area contributed by atoms with Crippen LogP contribution in [0.25, 0.3) is 0 Å². The molecule has 3 N–H and O–H groups in total. The number of hydrogen-bond acceptors (Lipinski definition) is 7. The van der Waals surface area contributed by atoms with Gasteiger partial charge in [0.1, 0.15) is 24.2 Å². The molecule has 0 fully saturated rings. The Kier molecular flexibility index (Phi) is 9.64. The molecule has 0 aromatic heterocycles. The SMILES string of the molecule is COC(=O)CNC(=O)C(c1cc(C)cc(C)c1)N(C)C(=O)C(CO)NC(=O)OC(C)(C)C. The van der Waals surface area contributed by atoms with Crippen molar-refractivity contribution in [2.45, 2.75) is 52.3 Å². The Labute approximate surface area is 188 Å². The molecule has 178 valence electrons. The standard InChI is InChI=1S/C22H33N3O7/c1-13-8-14(2)10-15(9-13)18(19(28)23-11-17(27)31-7)25(6)20(29)16(12-26)24-21(30)32-22(3,4)5/h8-10,16,18,26H,11-12H2,1-7H3,(H,23,28)(H,24,30). The first-order chi connectivity index (χ1) is 14.8. The van der Waals surface area contributed by atoms with Crippen LogP contribution in [-0.2, 0) is 23.9 Å². The Morgan fingerprint density at radius 3 is 2.12 bits per heavy atom. The smallest absolute Gasteiger partial charge is 0.408 e. The molecule has 1 rings (SSSR count). The van der Waals surface area contributed by atoms with Crippen LogP contribution in [0.3, 0.4) is 0 Å². The van der Waals surface area contributed by atoms with Crippen molar-refractivity contribution in [2.24, 2.45) is 0 Å². The molecule has 0 aliphatic carbocycles. The average Bonchev–Trinajstić information content (AvgIpc) is 2.67. The monoisotopic (exact) mass is 451 g/mol. The molecule has 0 saturated heterocycles. The van der Waals surface area contributed by atoms with Gasteiger partial charge in [0.15, 0.2) is 0 Å². The van der Waals surface area contributed by atoms with Gasteiger partial charge in [-0.25, -0.2) is 4.79 Å². The molecule has 0 bridgehead atoms. The molecule has 10 nitrogen and oxygen atoms in total. The van der Waals surface area contributed by atoms with Crippen LogP contribution in [0.15, 0.2) is 18.2 Å². The normalized spacial score (nSPS) is 12.9. The van der Waals surface area contributed by atoms with Gasteiger partial charge in [0.2, 0.25) is 11.8 Å². The van der Waals surface area contributed by atoms with Crippen LogP contribution < -0.4 is 10.6 Å². The second-order valence-electron chi connectivity index (χ2n) is 8.45. The zero-order valence-corrected chi connectivity index (χ0v) is 19.6. The molecule has 0 aliphatic heterocycles. The van der Waals surface area contributed by atoms with Gasteiger partial charge in [0.25, 0.3) is 0 Å². The third kappa shape index (κ3) is 8.18. The van der Waals surface area contributed by atoms with E-state index in [1.807, 2.05) is 19.9 Å². The average molecular weight is 452 g/mol. The minimum atomic E-state index is -1.34. The van der Waals surface area contributed by atoms with Gasteiger partial charge in [0.05, 0.1) is 13.7 Å². The predicted molar refractivity (Wildman–Crippen MR) is 117 cm³/mol. The summed E-state index contributed by atoms with van der Waals surface area (Å²) in [6, 6.07) is 2.94. The van der Waals surface area contributed by atoms with Crippen molar-refractivity contribution in [3.05, 3.63) is 34.9 Å². The number of methoxy groups -OCH3 is 1. The summed E-state index contributed by atoms with van der Waals surface area (Å²) >= 11 is 0. The molecule has 2 atom stereocenters. The van der Waals surface area contributed by atoms with E-state index in [1.54, 1.807) is 32.9 Å². The maximum atomic E-state index is 13.1. The van der Waals surface area contributed by atoms with E-state index in [-0.39, 0.29) is 6.54 Å². The highest BCUT2D eigenvalue weighted by atomic mass is 16.6. The lowest BCUT2D eigenvalue weighted by atomic mass is 9.99. The second kappa shape index (κ2) is 11.5. The molecule has 0 spiro atoms. The second-order valence-corrected chi connectivity index (χ2v) is 8.45. The number of ether oxygens (including phenoxy) is 2. The third-order valence-electron chi connectivity index (χ3n) is 4.35. The highest BCUT2D eigenvalue weighted by molar-refractivity contribution is 5.93. The van der Waals surface area contributed by atoms with E-state index in [0.29, 0.717) is 5.56 Å². The van der Waals surface area contributed by atoms with Crippen molar-refractivity contribution in [3.63, 3.8) is 0 Å². The van der Waals surface area contributed by atoms with Gasteiger partial charge in [-0.05, 0) is 40.2 Å². The van der Waals surface area contributed by atoms with Crippen LogP contribution in [-0.4, -0.2) is 72.8 Å². The fourth-order valence-corrected chi connectivity index (χ4v) is 3.06. The highest BCUT2D eigenvalue weighted by Crippen LogP contribution is 2.23. The summed E-state index contributed by atoms with van der Waals surface area (Å²) < 4.78 is 9.68. The van der Waals surface area contributed by atoms with Crippen molar-refractivity contribution in [3.8, 4) is 0 Å². The lowest BCUT2D eigenvalue weighted by Crippen LogP contribution is -2.53. The molecule has 1 aromatic carbocycles. The number of benzene rings is 1. The number of aliphatic hydroxyl groups excluding tert-OH is 1. The number of esters is 1. The maximum absolute atomic E-state index is 13.1. The van der Waals surface area contributed by atoms with E-state index in [4.69, 9.17) is 4.74 Å². The molecular weight excluding hydrogens is 418 g/mol. The number of hydrogen-bond donors (Lipinski definition) is 3. The Hall–Kier alpha value is -3.14. The molecule has 10 heteroatoms. The summed E-state index contributed by atoms with van der Waals surface area (Å²) in [4.78, 5) is 50.7. The number of nitrogens with one attached hydrogen (secondary N) is 2. The van der Waals surface area contributed by atoms with E-state index in [9.17, 15) is 24.3 Å². The number of aryl methyl sites for hydroxylation is 2. The van der Waals surface area contributed by atoms with Gasteiger partial charge in [0, 0.05) is 7.05 Å². The van der Waals surface area contributed by atoms with E-state index < -0.39 is 48.2 Å². The number of carbonyl (C=O) groups excluding carboxylic acids is 4. The first-order valence-corrected chi connectivity index (χ1v) is 10.1. The van der Waals surface area contributed by atoms with Gasteiger partial charge in [-0.1, -0.05) is 29.3 Å². The van der Waals surface area contributed by atoms with Gasteiger partial charge >= 0.3 is 12.1 Å². The fourth-order valence-electron chi connectivity index (χ4n) is 3.06. The van der Waals surface area contributed by atoms with E-state index in [1.165, 1.54) is 14.2 Å². The number of carbonyl (C=O) groups is 4. The molecular formula is C22H33N3O7. The topological polar surface area (TPSA) is 134 Å². The van der Waals surface area contributed by atoms with Gasteiger partial charge < -0.3 is 30.1 Å². The van der Waals surface area contributed by atoms with Crippen LogP contribution in [0.2, 0.25) is 0 Å². The summed E-state index contributed by atoms with van der Waals surface area (Å²) in [6.45, 7) is 7.61. The van der Waals surface area contributed by atoms with E-state index in [2.05, 4.69) is 15.4 Å². The van der Waals surface area contributed by atoms with Crippen molar-refractivity contribution in [2.75, 3.05) is 27.3 Å². The first kappa shape index (κ1) is 26.9. The molecule has 1 aromatic rings. The highest BCUT2D eigenvalue weighted by Gasteiger charge is 2.34. The van der Waals surface area contributed by atoms with Crippen molar-refractivity contribution < 1.29 is 33.8 Å². The number of alkyl carbamates (subject to hydrolysis) is 1. The Morgan fingerprint density at radius 2 is 1.66 bits per heavy atom.